The summed E-state index contributed by atoms with van der Waals surface area (Å²) < 4.78 is 0.761. The predicted octanol–water partition coefficient (Wildman–Crippen LogP) is 2.04. The van der Waals surface area contributed by atoms with Gasteiger partial charge in [0.1, 0.15) is 0 Å². The van der Waals surface area contributed by atoms with E-state index < -0.39 is 5.97 Å². The van der Waals surface area contributed by atoms with Gasteiger partial charge in [0.2, 0.25) is 0 Å². The van der Waals surface area contributed by atoms with Crippen LogP contribution in [0.1, 0.15) is 22.8 Å². The molecule has 0 amide bonds. The van der Waals surface area contributed by atoms with Gasteiger partial charge < -0.3 is 10.1 Å². The average Bonchev–Trinajstić information content (AvgIpc) is 2.30. The number of aromatic nitrogens is 1. The van der Waals surface area contributed by atoms with Crippen molar-refractivity contribution in [1.82, 2.24) is 4.98 Å². The van der Waals surface area contributed by atoms with E-state index in [0.29, 0.717) is 12.0 Å². The Morgan fingerprint density at radius 3 is 2.82 bits per heavy atom. The zero-order valence-corrected chi connectivity index (χ0v) is 7.60. The lowest BCUT2D eigenvalue weighted by atomic mass is 10.1. The van der Waals surface area contributed by atoms with Gasteiger partial charge in [-0.1, -0.05) is 6.92 Å². The first-order valence-corrected chi connectivity index (χ1v) is 4.05. The molecule has 1 heterocycles. The summed E-state index contributed by atoms with van der Waals surface area (Å²) in [4.78, 5) is 13.4. The maximum absolute atomic E-state index is 10.6. The van der Waals surface area contributed by atoms with Crippen molar-refractivity contribution in [1.29, 1.82) is 0 Å². The molecule has 4 heteroatoms. The second kappa shape index (κ2) is 3.09. The van der Waals surface area contributed by atoms with Crippen LogP contribution in [0.3, 0.4) is 0 Å². The van der Waals surface area contributed by atoms with Crippen LogP contribution in [0.4, 0.5) is 0 Å². The Morgan fingerprint density at radius 1 is 1.82 bits per heavy atom. The molecule has 0 fully saturated rings. The molecule has 1 rings (SSSR count). The highest BCUT2D eigenvalue weighted by atomic mass is 79.9. The Kier molecular flexibility index (Phi) is 2.34. The largest absolute Gasteiger partial charge is 0.478 e. The standard InChI is InChI=1S/C7H8BrNO2/c1-2-4-5(7(10)11)3-9-6(4)8/h3,9H,2H2,1H3,(H,10,11). The van der Waals surface area contributed by atoms with Gasteiger partial charge in [-0.15, -0.1) is 0 Å². The van der Waals surface area contributed by atoms with Crippen LogP contribution < -0.4 is 0 Å². The highest BCUT2D eigenvalue weighted by Gasteiger charge is 2.12. The molecule has 0 bridgehead atoms. The highest BCUT2D eigenvalue weighted by molar-refractivity contribution is 9.10. The maximum atomic E-state index is 10.6. The fourth-order valence-corrected chi connectivity index (χ4v) is 1.57. The second-order valence-corrected chi connectivity index (χ2v) is 2.95. The van der Waals surface area contributed by atoms with Gasteiger partial charge in [0.25, 0.3) is 0 Å². The molecule has 3 nitrogen and oxygen atoms in total. The van der Waals surface area contributed by atoms with Crippen molar-refractivity contribution in [3.63, 3.8) is 0 Å². The Hall–Kier alpha value is -0.770. The third-order valence-electron chi connectivity index (χ3n) is 1.52. The summed E-state index contributed by atoms with van der Waals surface area (Å²) in [6, 6.07) is 0. The van der Waals surface area contributed by atoms with Crippen molar-refractivity contribution in [2.75, 3.05) is 0 Å². The molecule has 0 radical (unpaired) electrons. The number of rotatable bonds is 2. The van der Waals surface area contributed by atoms with Crippen LogP contribution in [0, 0.1) is 0 Å². The minimum atomic E-state index is -0.885. The number of carboxylic acids is 1. The van der Waals surface area contributed by atoms with Crippen LogP contribution >= 0.6 is 15.9 Å². The lowest BCUT2D eigenvalue weighted by Gasteiger charge is -1.94. The molecule has 0 aliphatic rings. The number of H-pyrrole nitrogens is 1. The summed E-state index contributed by atoms with van der Waals surface area (Å²) in [7, 11) is 0. The minimum absolute atomic E-state index is 0.347. The fraction of sp³-hybridized carbons (Fsp3) is 0.286. The Morgan fingerprint density at radius 2 is 2.45 bits per heavy atom. The van der Waals surface area contributed by atoms with Crippen LogP contribution in [0.5, 0.6) is 0 Å². The topological polar surface area (TPSA) is 53.1 Å². The van der Waals surface area contributed by atoms with E-state index in [9.17, 15) is 4.79 Å². The van der Waals surface area contributed by atoms with Gasteiger partial charge in [-0.2, -0.15) is 0 Å². The fourth-order valence-electron chi connectivity index (χ4n) is 0.964. The van der Waals surface area contributed by atoms with Crippen LogP contribution in [0.2, 0.25) is 0 Å². The number of carboxylic acid groups (broad SMARTS) is 1. The van der Waals surface area contributed by atoms with Crippen LogP contribution in [-0.4, -0.2) is 16.1 Å². The lowest BCUT2D eigenvalue weighted by molar-refractivity contribution is 0.0696. The summed E-state index contributed by atoms with van der Waals surface area (Å²) >= 11 is 3.23. The van der Waals surface area contributed by atoms with E-state index in [0.717, 1.165) is 10.2 Å². The molecule has 11 heavy (non-hydrogen) atoms. The molecular formula is C7H8BrNO2. The van der Waals surface area contributed by atoms with Crippen molar-refractivity contribution in [3.05, 3.63) is 21.9 Å². The van der Waals surface area contributed by atoms with Gasteiger partial charge in [0.15, 0.2) is 0 Å². The van der Waals surface area contributed by atoms with Crippen molar-refractivity contribution in [2.24, 2.45) is 0 Å². The molecule has 0 saturated heterocycles. The molecule has 0 unspecified atom stereocenters. The molecule has 0 aliphatic carbocycles. The molecule has 0 saturated carbocycles. The van der Waals surface area contributed by atoms with Crippen LogP contribution in [0.15, 0.2) is 10.8 Å². The summed E-state index contributed by atoms with van der Waals surface area (Å²) in [6.45, 7) is 1.92. The minimum Gasteiger partial charge on any atom is -0.478 e. The van der Waals surface area contributed by atoms with E-state index in [1.54, 1.807) is 0 Å². The maximum Gasteiger partial charge on any atom is 0.337 e. The van der Waals surface area contributed by atoms with Crippen LogP contribution in [0.25, 0.3) is 0 Å². The second-order valence-electron chi connectivity index (χ2n) is 2.15. The Balaban J connectivity index is 3.15. The SMILES string of the molecule is CCc1c(C(=O)O)c[nH]c1Br. The number of nitrogens with one attached hydrogen (secondary N) is 1. The molecule has 0 aromatic carbocycles. The molecule has 1 aromatic heterocycles. The molecule has 2 N–H and O–H groups in total. The normalized spacial score (nSPS) is 10.0. The van der Waals surface area contributed by atoms with E-state index >= 15 is 0 Å². The number of aromatic carboxylic acids is 1. The van der Waals surface area contributed by atoms with Crippen molar-refractivity contribution < 1.29 is 9.90 Å². The molecule has 0 spiro atoms. The smallest absolute Gasteiger partial charge is 0.337 e. The first kappa shape index (κ1) is 8.33. The summed E-state index contributed by atoms with van der Waals surface area (Å²) in [5, 5.41) is 8.67. The zero-order valence-electron chi connectivity index (χ0n) is 6.02. The van der Waals surface area contributed by atoms with Gasteiger partial charge in [0.05, 0.1) is 10.2 Å². The molecule has 0 atom stereocenters. The number of hydrogen-bond donors (Lipinski definition) is 2. The van der Waals surface area contributed by atoms with E-state index in [2.05, 4.69) is 20.9 Å². The summed E-state index contributed by atoms with van der Waals surface area (Å²) in [6.07, 6.45) is 2.21. The Labute approximate surface area is 72.6 Å². The van der Waals surface area contributed by atoms with Gasteiger partial charge >= 0.3 is 5.97 Å². The van der Waals surface area contributed by atoms with Gasteiger partial charge in [0, 0.05) is 6.20 Å². The molecular weight excluding hydrogens is 210 g/mol. The van der Waals surface area contributed by atoms with Gasteiger partial charge in [-0.05, 0) is 27.9 Å². The van der Waals surface area contributed by atoms with Crippen molar-refractivity contribution in [3.8, 4) is 0 Å². The third kappa shape index (κ3) is 1.45. The summed E-state index contributed by atoms with van der Waals surface area (Å²) in [5.41, 5.74) is 1.16. The van der Waals surface area contributed by atoms with E-state index in [1.807, 2.05) is 6.92 Å². The summed E-state index contributed by atoms with van der Waals surface area (Å²) in [5.74, 6) is -0.885. The number of hydrogen-bond acceptors (Lipinski definition) is 1. The van der Waals surface area contributed by atoms with E-state index in [-0.39, 0.29) is 0 Å². The molecule has 60 valence electrons. The first-order valence-electron chi connectivity index (χ1n) is 3.25. The predicted molar refractivity (Wildman–Crippen MR) is 44.8 cm³/mol. The Bertz CT molecular complexity index is 280. The zero-order chi connectivity index (χ0) is 8.43. The van der Waals surface area contributed by atoms with Crippen molar-refractivity contribution >= 4 is 21.9 Å². The quantitative estimate of drug-likeness (QED) is 0.797. The first-order chi connectivity index (χ1) is 5.16. The average molecular weight is 218 g/mol. The van der Waals surface area contributed by atoms with E-state index in [1.165, 1.54) is 6.20 Å². The van der Waals surface area contributed by atoms with E-state index in [4.69, 9.17) is 5.11 Å². The van der Waals surface area contributed by atoms with Crippen LogP contribution in [-0.2, 0) is 6.42 Å². The van der Waals surface area contributed by atoms with Gasteiger partial charge in [-0.25, -0.2) is 4.79 Å². The third-order valence-corrected chi connectivity index (χ3v) is 2.22. The molecule has 1 aromatic rings. The highest BCUT2D eigenvalue weighted by Crippen LogP contribution is 2.19. The lowest BCUT2D eigenvalue weighted by Crippen LogP contribution is -1.97. The number of carbonyl (C=O) groups is 1. The number of halogens is 1. The molecule has 0 aliphatic heterocycles. The monoisotopic (exact) mass is 217 g/mol. The van der Waals surface area contributed by atoms with Gasteiger partial charge in [-0.3, -0.25) is 0 Å². The number of aromatic amines is 1. The van der Waals surface area contributed by atoms with Crippen molar-refractivity contribution in [2.45, 2.75) is 13.3 Å².